The third-order valence-electron chi connectivity index (χ3n) is 3.43. The van der Waals surface area contributed by atoms with Crippen molar-refractivity contribution in [1.29, 1.82) is 0 Å². The lowest BCUT2D eigenvalue weighted by molar-refractivity contribution is -0.143. The number of ketones is 1. The molecule has 0 amide bonds. The second-order valence-corrected chi connectivity index (χ2v) is 5.56. The summed E-state index contributed by atoms with van der Waals surface area (Å²) in [4.78, 5) is 23.5. The van der Waals surface area contributed by atoms with Gasteiger partial charge in [-0.2, -0.15) is 0 Å². The topological polar surface area (TPSA) is 43.4 Å². The van der Waals surface area contributed by atoms with E-state index in [0.29, 0.717) is 25.0 Å². The molecule has 0 unspecified atom stereocenters. The molecule has 0 aromatic heterocycles. The molecule has 0 saturated heterocycles. The fourth-order valence-electron chi connectivity index (χ4n) is 2.65. The van der Waals surface area contributed by atoms with Crippen LogP contribution in [-0.4, -0.2) is 11.8 Å². The molecule has 0 N–H and O–H groups in total. The van der Waals surface area contributed by atoms with Crippen LogP contribution in [0.25, 0.3) is 0 Å². The summed E-state index contributed by atoms with van der Waals surface area (Å²) in [5, 5.41) is 0. The van der Waals surface area contributed by atoms with E-state index in [2.05, 4.69) is 0 Å². The van der Waals surface area contributed by atoms with Crippen LogP contribution in [0.15, 0.2) is 11.3 Å². The molecule has 0 spiro atoms. The first-order chi connectivity index (χ1) is 7.43. The number of allylic oxidation sites excluding steroid dienone is 2. The average molecular weight is 222 g/mol. The number of hydrogen-bond donors (Lipinski definition) is 0. The van der Waals surface area contributed by atoms with E-state index < -0.39 is 0 Å². The van der Waals surface area contributed by atoms with Gasteiger partial charge in [0.1, 0.15) is 5.76 Å². The first kappa shape index (κ1) is 11.4. The van der Waals surface area contributed by atoms with E-state index in [-0.39, 0.29) is 23.1 Å². The minimum Gasteiger partial charge on any atom is -0.431 e. The fourth-order valence-corrected chi connectivity index (χ4v) is 2.65. The van der Waals surface area contributed by atoms with Gasteiger partial charge < -0.3 is 4.74 Å². The van der Waals surface area contributed by atoms with E-state index in [1.54, 1.807) is 0 Å². The highest BCUT2D eigenvalue weighted by Gasteiger charge is 2.40. The standard InChI is InChI=1S/C13H18O3/c1-4-8-5-11(15)16-10-7-13(2,3)6-9(14)12(8)10/h8H,4-7H2,1-3H3/t8-/m0/s1. The van der Waals surface area contributed by atoms with Gasteiger partial charge in [0.15, 0.2) is 5.78 Å². The van der Waals surface area contributed by atoms with Crippen molar-refractivity contribution in [2.45, 2.75) is 46.5 Å². The fraction of sp³-hybridized carbons (Fsp3) is 0.692. The second kappa shape index (κ2) is 3.72. The van der Waals surface area contributed by atoms with Crippen molar-refractivity contribution >= 4 is 11.8 Å². The molecule has 3 nitrogen and oxygen atoms in total. The highest BCUT2D eigenvalue weighted by Crippen LogP contribution is 2.43. The van der Waals surface area contributed by atoms with Gasteiger partial charge in [-0.25, -0.2) is 0 Å². The Hall–Kier alpha value is -1.12. The molecule has 1 aliphatic carbocycles. The maximum atomic E-state index is 12.1. The van der Waals surface area contributed by atoms with Crippen molar-refractivity contribution in [3.8, 4) is 0 Å². The molecule has 88 valence electrons. The van der Waals surface area contributed by atoms with Gasteiger partial charge in [-0.05, 0) is 11.8 Å². The summed E-state index contributed by atoms with van der Waals surface area (Å²) in [6, 6.07) is 0. The minimum absolute atomic E-state index is 0.0776. The Balaban J connectivity index is 2.40. The molecule has 2 aliphatic rings. The SMILES string of the molecule is CC[C@H]1CC(=O)OC2=C1C(=O)CC(C)(C)C2. The molecule has 1 aliphatic heterocycles. The van der Waals surface area contributed by atoms with Crippen LogP contribution in [0.4, 0.5) is 0 Å². The Morgan fingerprint density at radius 2 is 2.00 bits per heavy atom. The number of rotatable bonds is 1. The zero-order chi connectivity index (χ0) is 11.9. The Bertz CT molecular complexity index is 377. The van der Waals surface area contributed by atoms with Gasteiger partial charge in [0.2, 0.25) is 0 Å². The highest BCUT2D eigenvalue weighted by atomic mass is 16.5. The molecule has 2 rings (SSSR count). The molecule has 1 atom stereocenters. The maximum absolute atomic E-state index is 12.1. The second-order valence-electron chi connectivity index (χ2n) is 5.56. The van der Waals surface area contributed by atoms with Crippen LogP contribution in [0.5, 0.6) is 0 Å². The monoisotopic (exact) mass is 222 g/mol. The molecule has 0 bridgehead atoms. The van der Waals surface area contributed by atoms with Crippen molar-refractivity contribution < 1.29 is 14.3 Å². The van der Waals surface area contributed by atoms with E-state index in [1.165, 1.54) is 0 Å². The largest absolute Gasteiger partial charge is 0.431 e. The van der Waals surface area contributed by atoms with Gasteiger partial charge in [-0.15, -0.1) is 0 Å². The maximum Gasteiger partial charge on any atom is 0.311 e. The van der Waals surface area contributed by atoms with Crippen molar-refractivity contribution in [3.63, 3.8) is 0 Å². The number of ether oxygens (including phenoxy) is 1. The van der Waals surface area contributed by atoms with Gasteiger partial charge in [-0.1, -0.05) is 20.8 Å². The van der Waals surface area contributed by atoms with Gasteiger partial charge >= 0.3 is 5.97 Å². The van der Waals surface area contributed by atoms with Crippen LogP contribution in [0, 0.1) is 11.3 Å². The Kier molecular flexibility index (Phi) is 2.64. The number of Topliss-reactive ketones (excluding diaryl/α,β-unsaturated/α-hetero) is 1. The number of carbonyl (C=O) groups is 2. The molecule has 16 heavy (non-hydrogen) atoms. The lowest BCUT2D eigenvalue weighted by Crippen LogP contribution is -2.34. The third kappa shape index (κ3) is 1.91. The summed E-state index contributed by atoms with van der Waals surface area (Å²) < 4.78 is 5.25. The lowest BCUT2D eigenvalue weighted by atomic mass is 9.72. The first-order valence-electron chi connectivity index (χ1n) is 5.90. The van der Waals surface area contributed by atoms with Gasteiger partial charge in [0.25, 0.3) is 0 Å². The molecule has 0 aromatic rings. The zero-order valence-corrected chi connectivity index (χ0v) is 10.1. The summed E-state index contributed by atoms with van der Waals surface area (Å²) in [6.45, 7) is 6.09. The number of esters is 1. The van der Waals surface area contributed by atoms with Crippen LogP contribution >= 0.6 is 0 Å². The normalized spacial score (nSPS) is 28.8. The van der Waals surface area contributed by atoms with Crippen LogP contribution < -0.4 is 0 Å². The zero-order valence-electron chi connectivity index (χ0n) is 10.1. The van der Waals surface area contributed by atoms with E-state index in [0.717, 1.165) is 12.0 Å². The molecule has 0 aromatic carbocycles. The highest BCUT2D eigenvalue weighted by molar-refractivity contribution is 5.99. The molecular weight excluding hydrogens is 204 g/mol. The Morgan fingerprint density at radius 1 is 1.31 bits per heavy atom. The van der Waals surface area contributed by atoms with Crippen LogP contribution in [0.2, 0.25) is 0 Å². The molecule has 1 heterocycles. The summed E-state index contributed by atoms with van der Waals surface area (Å²) in [7, 11) is 0. The molecular formula is C13H18O3. The van der Waals surface area contributed by atoms with Crippen molar-refractivity contribution in [1.82, 2.24) is 0 Å². The summed E-state index contributed by atoms with van der Waals surface area (Å²) in [6.07, 6.45) is 2.47. The van der Waals surface area contributed by atoms with E-state index in [4.69, 9.17) is 4.74 Å². The minimum atomic E-state index is -0.184. The van der Waals surface area contributed by atoms with E-state index in [1.807, 2.05) is 20.8 Å². The smallest absolute Gasteiger partial charge is 0.311 e. The van der Waals surface area contributed by atoms with Crippen molar-refractivity contribution in [2.75, 3.05) is 0 Å². The van der Waals surface area contributed by atoms with E-state index >= 15 is 0 Å². The first-order valence-corrected chi connectivity index (χ1v) is 5.90. The molecule has 0 fully saturated rings. The Morgan fingerprint density at radius 3 is 2.62 bits per heavy atom. The van der Waals surface area contributed by atoms with E-state index in [9.17, 15) is 9.59 Å². The predicted molar refractivity (Wildman–Crippen MR) is 59.5 cm³/mol. The van der Waals surface area contributed by atoms with Gasteiger partial charge in [0, 0.05) is 24.3 Å². The van der Waals surface area contributed by atoms with Crippen LogP contribution in [-0.2, 0) is 14.3 Å². The number of hydrogen-bond acceptors (Lipinski definition) is 3. The molecule has 0 radical (unpaired) electrons. The van der Waals surface area contributed by atoms with Crippen molar-refractivity contribution in [3.05, 3.63) is 11.3 Å². The van der Waals surface area contributed by atoms with Crippen molar-refractivity contribution in [2.24, 2.45) is 11.3 Å². The predicted octanol–water partition coefficient (Wildman–Crippen LogP) is 2.60. The summed E-state index contributed by atoms with van der Waals surface area (Å²) in [5.74, 6) is 0.714. The quantitative estimate of drug-likeness (QED) is 0.640. The number of carbonyl (C=O) groups excluding carboxylic acids is 2. The Labute approximate surface area is 95.9 Å². The van der Waals surface area contributed by atoms with Crippen LogP contribution in [0.1, 0.15) is 46.5 Å². The summed E-state index contributed by atoms with van der Waals surface area (Å²) in [5.41, 5.74) is 0.715. The lowest BCUT2D eigenvalue weighted by Gasteiger charge is -2.36. The molecule has 0 saturated carbocycles. The van der Waals surface area contributed by atoms with Gasteiger partial charge in [-0.3, -0.25) is 9.59 Å². The van der Waals surface area contributed by atoms with Crippen LogP contribution in [0.3, 0.4) is 0 Å². The third-order valence-corrected chi connectivity index (χ3v) is 3.43. The van der Waals surface area contributed by atoms with Gasteiger partial charge in [0.05, 0.1) is 6.42 Å². The summed E-state index contributed by atoms with van der Waals surface area (Å²) >= 11 is 0. The average Bonchev–Trinajstić information content (AvgIpc) is 2.13. The molecule has 3 heteroatoms.